The Morgan fingerprint density at radius 3 is 2.56 bits per heavy atom. The molecule has 0 aliphatic carbocycles. The van der Waals surface area contributed by atoms with Crippen LogP contribution >= 0.6 is 0 Å². The van der Waals surface area contributed by atoms with E-state index < -0.39 is 6.10 Å². The topological polar surface area (TPSA) is 26.7 Å². The van der Waals surface area contributed by atoms with Crippen LogP contribution in [0.2, 0.25) is 0 Å². The molecule has 3 aliphatic heterocycles. The number of nitrogens with zero attached hydrogens (tertiary/aromatic N) is 2. The summed E-state index contributed by atoms with van der Waals surface area (Å²) >= 11 is 0. The molecule has 0 saturated carbocycles. The van der Waals surface area contributed by atoms with Gasteiger partial charge in [0, 0.05) is 32.7 Å². The molecule has 3 saturated heterocycles. The lowest BCUT2D eigenvalue weighted by molar-refractivity contribution is -0.0472. The van der Waals surface area contributed by atoms with Crippen LogP contribution in [0.25, 0.3) is 0 Å². The second-order valence-electron chi connectivity index (χ2n) is 5.35. The molecule has 1 aromatic rings. The summed E-state index contributed by atoms with van der Waals surface area (Å²) in [6, 6.07) is 4.79. The highest BCUT2D eigenvalue weighted by Crippen LogP contribution is 2.29. The predicted molar refractivity (Wildman–Crippen MR) is 67.9 cm³/mol. The van der Waals surface area contributed by atoms with Crippen LogP contribution in [0.1, 0.15) is 17.2 Å². The molecule has 0 amide bonds. The quantitative estimate of drug-likeness (QED) is 0.853. The second kappa shape index (κ2) is 4.61. The first kappa shape index (κ1) is 12.1. The second-order valence-corrected chi connectivity index (χ2v) is 5.35. The van der Waals surface area contributed by atoms with Crippen molar-refractivity contribution in [3.8, 4) is 0 Å². The third kappa shape index (κ3) is 2.05. The number of hydrogen-bond donors (Lipinski definition) is 1. The van der Waals surface area contributed by atoms with Gasteiger partial charge in [-0.2, -0.15) is 0 Å². The number of rotatable bonds is 2. The molecule has 98 valence electrons. The molecule has 0 spiro atoms. The standard InChI is InChI=1S/C14H19FN2O/c1-10-8-11(15)2-3-12(10)14(18)13-9-16-4-6-17(13)7-5-16/h2-3,8,13-14,18H,4-7,9H2,1H3. The first-order valence-corrected chi connectivity index (χ1v) is 6.55. The van der Waals surface area contributed by atoms with E-state index in [2.05, 4.69) is 9.80 Å². The van der Waals surface area contributed by atoms with Crippen LogP contribution in [0.5, 0.6) is 0 Å². The molecule has 18 heavy (non-hydrogen) atoms. The van der Waals surface area contributed by atoms with Gasteiger partial charge in [0.25, 0.3) is 0 Å². The monoisotopic (exact) mass is 250 g/mol. The van der Waals surface area contributed by atoms with E-state index in [0.717, 1.165) is 43.9 Å². The normalized spacial score (nSPS) is 32.5. The van der Waals surface area contributed by atoms with Crippen LogP contribution in [-0.2, 0) is 0 Å². The van der Waals surface area contributed by atoms with Crippen molar-refractivity contribution in [2.75, 3.05) is 32.7 Å². The number of benzene rings is 1. The molecule has 4 heteroatoms. The Labute approximate surface area is 107 Å². The van der Waals surface area contributed by atoms with Crippen molar-refractivity contribution in [2.45, 2.75) is 19.1 Å². The molecule has 2 unspecified atom stereocenters. The van der Waals surface area contributed by atoms with E-state index in [1.165, 1.54) is 12.1 Å². The Morgan fingerprint density at radius 1 is 1.28 bits per heavy atom. The number of piperazine rings is 3. The van der Waals surface area contributed by atoms with Gasteiger partial charge in [0.2, 0.25) is 0 Å². The van der Waals surface area contributed by atoms with Gasteiger partial charge in [-0.05, 0) is 30.2 Å². The average molecular weight is 250 g/mol. The Balaban J connectivity index is 1.83. The number of aliphatic hydroxyl groups is 1. The van der Waals surface area contributed by atoms with Crippen LogP contribution in [0.3, 0.4) is 0 Å². The highest BCUT2D eigenvalue weighted by Gasteiger charge is 2.36. The van der Waals surface area contributed by atoms with Gasteiger partial charge in [-0.25, -0.2) is 4.39 Å². The van der Waals surface area contributed by atoms with Crippen LogP contribution in [0.15, 0.2) is 18.2 Å². The highest BCUT2D eigenvalue weighted by atomic mass is 19.1. The summed E-state index contributed by atoms with van der Waals surface area (Å²) in [4.78, 5) is 4.75. The van der Waals surface area contributed by atoms with Crippen molar-refractivity contribution in [1.82, 2.24) is 9.80 Å². The van der Waals surface area contributed by atoms with Gasteiger partial charge < -0.3 is 5.11 Å². The molecule has 1 aromatic carbocycles. The van der Waals surface area contributed by atoms with Gasteiger partial charge in [0.1, 0.15) is 5.82 Å². The van der Waals surface area contributed by atoms with E-state index in [1.54, 1.807) is 6.07 Å². The summed E-state index contributed by atoms with van der Waals surface area (Å²) in [5, 5.41) is 10.5. The molecule has 3 aliphatic rings. The molecular weight excluding hydrogens is 231 g/mol. The van der Waals surface area contributed by atoms with Crippen LogP contribution in [0, 0.1) is 12.7 Å². The van der Waals surface area contributed by atoms with Gasteiger partial charge in [-0.3, -0.25) is 9.80 Å². The minimum atomic E-state index is -0.520. The molecule has 3 fully saturated rings. The Morgan fingerprint density at radius 2 is 2.00 bits per heavy atom. The zero-order chi connectivity index (χ0) is 12.7. The van der Waals surface area contributed by atoms with Crippen molar-refractivity contribution >= 4 is 0 Å². The van der Waals surface area contributed by atoms with Crippen LogP contribution < -0.4 is 0 Å². The van der Waals surface area contributed by atoms with Crippen LogP contribution in [-0.4, -0.2) is 53.7 Å². The van der Waals surface area contributed by atoms with E-state index in [-0.39, 0.29) is 11.9 Å². The van der Waals surface area contributed by atoms with E-state index >= 15 is 0 Å². The van der Waals surface area contributed by atoms with E-state index in [9.17, 15) is 9.50 Å². The van der Waals surface area contributed by atoms with E-state index in [0.29, 0.717) is 0 Å². The largest absolute Gasteiger partial charge is 0.387 e. The first-order chi connectivity index (χ1) is 8.65. The van der Waals surface area contributed by atoms with Crippen molar-refractivity contribution in [1.29, 1.82) is 0 Å². The third-order valence-corrected chi connectivity index (χ3v) is 4.24. The number of halogens is 1. The van der Waals surface area contributed by atoms with Gasteiger partial charge in [-0.1, -0.05) is 6.07 Å². The summed E-state index contributed by atoms with van der Waals surface area (Å²) in [5.74, 6) is -0.238. The summed E-state index contributed by atoms with van der Waals surface area (Å²) < 4.78 is 13.1. The lowest BCUT2D eigenvalue weighted by atomic mass is 9.93. The zero-order valence-corrected chi connectivity index (χ0v) is 10.6. The van der Waals surface area contributed by atoms with Gasteiger partial charge in [-0.15, -0.1) is 0 Å². The predicted octanol–water partition coefficient (Wildman–Crippen LogP) is 1.17. The maximum Gasteiger partial charge on any atom is 0.123 e. The number of fused-ring (bicyclic) bond motifs is 3. The first-order valence-electron chi connectivity index (χ1n) is 6.55. The Kier molecular flexibility index (Phi) is 3.09. The minimum absolute atomic E-state index is 0.150. The molecule has 1 N–H and O–H groups in total. The fourth-order valence-corrected chi connectivity index (χ4v) is 3.14. The Hall–Kier alpha value is -0.970. The van der Waals surface area contributed by atoms with Crippen molar-refractivity contribution in [2.24, 2.45) is 0 Å². The number of aryl methyl sites for hydroxylation is 1. The van der Waals surface area contributed by atoms with Crippen molar-refractivity contribution in [3.05, 3.63) is 35.1 Å². The summed E-state index contributed by atoms with van der Waals surface area (Å²) in [7, 11) is 0. The lowest BCUT2D eigenvalue weighted by Gasteiger charge is -2.49. The molecule has 2 atom stereocenters. The fourth-order valence-electron chi connectivity index (χ4n) is 3.14. The van der Waals surface area contributed by atoms with Crippen molar-refractivity contribution in [3.63, 3.8) is 0 Å². The molecule has 3 nitrogen and oxygen atoms in total. The molecule has 4 rings (SSSR count). The van der Waals surface area contributed by atoms with Gasteiger partial charge >= 0.3 is 0 Å². The Bertz CT molecular complexity index is 443. The molecular formula is C14H19FN2O. The van der Waals surface area contributed by atoms with Gasteiger partial charge in [0.15, 0.2) is 0 Å². The van der Waals surface area contributed by atoms with E-state index in [1.807, 2.05) is 6.92 Å². The third-order valence-electron chi connectivity index (χ3n) is 4.24. The molecule has 0 radical (unpaired) electrons. The molecule has 3 heterocycles. The summed E-state index contributed by atoms with van der Waals surface area (Å²) in [6.07, 6.45) is -0.520. The smallest absolute Gasteiger partial charge is 0.123 e. The zero-order valence-electron chi connectivity index (χ0n) is 10.6. The maximum atomic E-state index is 13.1. The summed E-state index contributed by atoms with van der Waals surface area (Å²) in [6.45, 7) is 7.04. The number of hydrogen-bond acceptors (Lipinski definition) is 3. The average Bonchev–Trinajstić information content (AvgIpc) is 2.39. The highest BCUT2D eigenvalue weighted by molar-refractivity contribution is 5.30. The number of aliphatic hydroxyl groups excluding tert-OH is 1. The minimum Gasteiger partial charge on any atom is -0.387 e. The fraction of sp³-hybridized carbons (Fsp3) is 0.571. The maximum absolute atomic E-state index is 13.1. The van der Waals surface area contributed by atoms with Crippen molar-refractivity contribution < 1.29 is 9.50 Å². The SMILES string of the molecule is Cc1cc(F)ccc1C(O)C1CN2CCN1CC2. The summed E-state index contributed by atoms with van der Waals surface area (Å²) in [5.41, 5.74) is 1.69. The van der Waals surface area contributed by atoms with E-state index in [4.69, 9.17) is 0 Å². The van der Waals surface area contributed by atoms with Gasteiger partial charge in [0.05, 0.1) is 12.1 Å². The van der Waals surface area contributed by atoms with Crippen LogP contribution in [0.4, 0.5) is 4.39 Å². The molecule has 2 bridgehead atoms. The molecule has 0 aromatic heterocycles. The lowest BCUT2D eigenvalue weighted by Crippen LogP contribution is -2.62.